The highest BCUT2D eigenvalue weighted by atomic mass is 35.5. The number of aryl methyl sites for hydroxylation is 1. The molecule has 0 unspecified atom stereocenters. The van der Waals surface area contributed by atoms with E-state index >= 15 is 0 Å². The van der Waals surface area contributed by atoms with Crippen molar-refractivity contribution in [2.75, 3.05) is 6.54 Å². The van der Waals surface area contributed by atoms with Crippen molar-refractivity contribution in [2.45, 2.75) is 25.6 Å². The van der Waals surface area contributed by atoms with Crippen molar-refractivity contribution >= 4 is 11.6 Å². The fourth-order valence-electron chi connectivity index (χ4n) is 3.73. The predicted molar refractivity (Wildman–Crippen MR) is 101 cm³/mol. The smallest absolute Gasteiger partial charge is 0.120 e. The van der Waals surface area contributed by atoms with E-state index in [1.165, 1.54) is 5.69 Å². The first kappa shape index (κ1) is 16.2. The number of fused-ring (bicyclic) bond motifs is 1. The molecule has 0 spiro atoms. The molecule has 0 bridgehead atoms. The number of rotatable bonds is 3. The van der Waals surface area contributed by atoms with E-state index in [0.717, 1.165) is 35.7 Å². The zero-order chi connectivity index (χ0) is 17.2. The second kappa shape index (κ2) is 6.95. The van der Waals surface area contributed by atoms with Crippen LogP contribution in [-0.4, -0.2) is 21.1 Å². The molecule has 2 aromatic carbocycles. The van der Waals surface area contributed by atoms with Gasteiger partial charge in [-0.3, -0.25) is 4.90 Å². The van der Waals surface area contributed by atoms with Crippen LogP contribution >= 0.6 is 11.6 Å². The number of aromatic nitrogens is 1. The van der Waals surface area contributed by atoms with Crippen LogP contribution in [0.4, 0.5) is 0 Å². The second-order valence-electron chi connectivity index (χ2n) is 6.50. The first-order valence-electron chi connectivity index (χ1n) is 8.64. The summed E-state index contributed by atoms with van der Waals surface area (Å²) in [6, 6.07) is 20.0. The molecule has 128 valence electrons. The summed E-state index contributed by atoms with van der Waals surface area (Å²) in [5.41, 5.74) is 3.31. The van der Waals surface area contributed by atoms with Crippen LogP contribution in [0.1, 0.15) is 29.3 Å². The number of aromatic hydroxyl groups is 1. The Kier molecular flexibility index (Phi) is 4.51. The van der Waals surface area contributed by atoms with Gasteiger partial charge in [0.05, 0.1) is 6.04 Å². The van der Waals surface area contributed by atoms with Crippen molar-refractivity contribution < 1.29 is 5.11 Å². The minimum atomic E-state index is 0.0748. The maximum Gasteiger partial charge on any atom is 0.120 e. The van der Waals surface area contributed by atoms with Gasteiger partial charge in [0.25, 0.3) is 0 Å². The summed E-state index contributed by atoms with van der Waals surface area (Å²) in [7, 11) is 0. The average molecular weight is 353 g/mol. The van der Waals surface area contributed by atoms with Crippen LogP contribution in [0.15, 0.2) is 66.9 Å². The summed E-state index contributed by atoms with van der Waals surface area (Å²) in [6.07, 6.45) is 3.21. The van der Waals surface area contributed by atoms with Crippen LogP contribution in [0.3, 0.4) is 0 Å². The van der Waals surface area contributed by atoms with Gasteiger partial charge >= 0.3 is 0 Å². The Labute approximate surface area is 153 Å². The SMILES string of the molecule is Oc1ccccc1CN1CCCn2cccc2[C@H]1c1ccccc1Cl. The highest BCUT2D eigenvalue weighted by Crippen LogP contribution is 2.37. The number of halogens is 1. The Morgan fingerprint density at radius 1 is 0.960 bits per heavy atom. The highest BCUT2D eigenvalue weighted by molar-refractivity contribution is 6.31. The molecular formula is C21H21ClN2O. The van der Waals surface area contributed by atoms with Gasteiger partial charge in [0.15, 0.2) is 0 Å². The van der Waals surface area contributed by atoms with E-state index in [1.807, 2.05) is 36.4 Å². The van der Waals surface area contributed by atoms with Gasteiger partial charge in [0.2, 0.25) is 0 Å². The van der Waals surface area contributed by atoms with E-state index in [0.29, 0.717) is 12.3 Å². The summed E-state index contributed by atoms with van der Waals surface area (Å²) in [6.45, 7) is 2.64. The fourth-order valence-corrected chi connectivity index (χ4v) is 3.97. The third-order valence-electron chi connectivity index (χ3n) is 4.92. The molecule has 1 aliphatic rings. The molecule has 0 amide bonds. The van der Waals surface area contributed by atoms with E-state index in [9.17, 15) is 5.11 Å². The van der Waals surface area contributed by atoms with Crippen LogP contribution in [0.5, 0.6) is 5.75 Å². The minimum absolute atomic E-state index is 0.0748. The average Bonchev–Trinajstić information content (AvgIpc) is 3.00. The van der Waals surface area contributed by atoms with Gasteiger partial charge in [-0.05, 0) is 36.2 Å². The normalized spacial score (nSPS) is 17.9. The third-order valence-corrected chi connectivity index (χ3v) is 5.26. The minimum Gasteiger partial charge on any atom is -0.508 e. The van der Waals surface area contributed by atoms with Crippen LogP contribution in [0.2, 0.25) is 5.02 Å². The largest absolute Gasteiger partial charge is 0.508 e. The molecule has 4 heteroatoms. The summed E-state index contributed by atoms with van der Waals surface area (Å²) in [5.74, 6) is 0.347. The lowest BCUT2D eigenvalue weighted by Gasteiger charge is -2.31. The number of nitrogens with zero attached hydrogens (tertiary/aromatic N) is 2. The number of benzene rings is 2. The van der Waals surface area contributed by atoms with Gasteiger partial charge in [0, 0.05) is 42.1 Å². The molecule has 25 heavy (non-hydrogen) atoms. The molecule has 1 atom stereocenters. The molecule has 3 nitrogen and oxygen atoms in total. The quantitative estimate of drug-likeness (QED) is 0.730. The molecule has 4 rings (SSSR count). The van der Waals surface area contributed by atoms with Crippen molar-refractivity contribution in [2.24, 2.45) is 0 Å². The maximum absolute atomic E-state index is 10.2. The lowest BCUT2D eigenvalue weighted by molar-refractivity contribution is 0.218. The number of phenols is 1. The molecule has 0 saturated heterocycles. The van der Waals surface area contributed by atoms with E-state index in [-0.39, 0.29) is 6.04 Å². The summed E-state index contributed by atoms with van der Waals surface area (Å²) in [4.78, 5) is 2.41. The zero-order valence-electron chi connectivity index (χ0n) is 14.0. The van der Waals surface area contributed by atoms with Gasteiger partial charge in [-0.25, -0.2) is 0 Å². The Hall–Kier alpha value is -2.23. The molecule has 3 aromatic rings. The molecule has 0 aliphatic carbocycles. The van der Waals surface area contributed by atoms with Crippen molar-refractivity contribution in [1.82, 2.24) is 9.47 Å². The number of para-hydroxylation sites is 1. The van der Waals surface area contributed by atoms with Crippen molar-refractivity contribution in [3.05, 3.63) is 88.7 Å². The van der Waals surface area contributed by atoms with Crippen LogP contribution in [0.25, 0.3) is 0 Å². The third kappa shape index (κ3) is 3.17. The molecule has 1 N–H and O–H groups in total. The summed E-state index contributed by atoms with van der Waals surface area (Å²) < 4.78 is 2.32. The summed E-state index contributed by atoms with van der Waals surface area (Å²) in [5, 5.41) is 11.0. The monoisotopic (exact) mass is 352 g/mol. The van der Waals surface area contributed by atoms with Crippen molar-refractivity contribution in [3.63, 3.8) is 0 Å². The van der Waals surface area contributed by atoms with Gasteiger partial charge in [-0.1, -0.05) is 48.0 Å². The number of phenolic OH excluding ortho intramolecular Hbond substituents is 1. The predicted octanol–water partition coefficient (Wildman–Crippen LogP) is 4.84. The molecule has 0 saturated carbocycles. The Balaban J connectivity index is 1.78. The Morgan fingerprint density at radius 3 is 2.60 bits per heavy atom. The molecular weight excluding hydrogens is 332 g/mol. The number of hydrogen-bond donors (Lipinski definition) is 1. The van der Waals surface area contributed by atoms with E-state index in [2.05, 4.69) is 33.9 Å². The molecule has 1 aliphatic heterocycles. The van der Waals surface area contributed by atoms with Gasteiger partial charge in [-0.15, -0.1) is 0 Å². The molecule has 1 aromatic heterocycles. The van der Waals surface area contributed by atoms with Crippen LogP contribution in [0, 0.1) is 0 Å². The van der Waals surface area contributed by atoms with E-state index in [4.69, 9.17) is 11.6 Å². The van der Waals surface area contributed by atoms with Gasteiger partial charge in [-0.2, -0.15) is 0 Å². The van der Waals surface area contributed by atoms with Crippen LogP contribution < -0.4 is 0 Å². The van der Waals surface area contributed by atoms with Gasteiger partial charge < -0.3 is 9.67 Å². The van der Waals surface area contributed by atoms with Crippen molar-refractivity contribution in [1.29, 1.82) is 0 Å². The van der Waals surface area contributed by atoms with Gasteiger partial charge in [0.1, 0.15) is 5.75 Å². The molecule has 0 radical (unpaired) electrons. The molecule has 2 heterocycles. The van der Waals surface area contributed by atoms with E-state index < -0.39 is 0 Å². The van der Waals surface area contributed by atoms with Crippen LogP contribution in [-0.2, 0) is 13.1 Å². The maximum atomic E-state index is 10.2. The van der Waals surface area contributed by atoms with Crippen molar-refractivity contribution in [3.8, 4) is 5.75 Å². The highest BCUT2D eigenvalue weighted by Gasteiger charge is 2.29. The Morgan fingerprint density at radius 2 is 1.76 bits per heavy atom. The van der Waals surface area contributed by atoms with E-state index in [1.54, 1.807) is 6.07 Å². The first-order chi connectivity index (χ1) is 12.2. The second-order valence-corrected chi connectivity index (χ2v) is 6.91. The fraction of sp³-hybridized carbons (Fsp3) is 0.238. The first-order valence-corrected chi connectivity index (χ1v) is 9.02. The Bertz CT molecular complexity index is 874. The standard InChI is InChI=1S/C21H21ClN2O/c22-18-9-3-2-8-17(18)21-19-10-5-12-23(19)13-6-14-24(21)15-16-7-1-4-11-20(16)25/h1-5,7-12,21,25H,6,13-15H2/t21-/m1/s1. The summed E-state index contributed by atoms with van der Waals surface area (Å²) >= 11 is 6.56. The topological polar surface area (TPSA) is 28.4 Å². The zero-order valence-corrected chi connectivity index (χ0v) is 14.7. The lowest BCUT2D eigenvalue weighted by Crippen LogP contribution is -2.29. The lowest BCUT2D eigenvalue weighted by atomic mass is 10.0. The number of hydrogen-bond acceptors (Lipinski definition) is 2. The molecule has 0 fully saturated rings.